The van der Waals surface area contributed by atoms with Crippen molar-refractivity contribution >= 4 is 21.6 Å². The van der Waals surface area contributed by atoms with Crippen LogP contribution in [0.15, 0.2) is 22.7 Å². The molecule has 0 unspecified atom stereocenters. The molecule has 14 heavy (non-hydrogen) atoms. The van der Waals surface area contributed by atoms with Crippen molar-refractivity contribution < 1.29 is 5.11 Å². The number of likely N-dealkylation sites (N-methyl/N-ethyl adjacent to an activating group) is 1. The molecule has 78 valence electrons. The number of hydrogen-bond acceptors (Lipinski definition) is 2. The molecule has 0 amide bonds. The lowest BCUT2D eigenvalue weighted by molar-refractivity contribution is 0.302. The number of rotatable bonds is 4. The summed E-state index contributed by atoms with van der Waals surface area (Å²) in [5.74, 6) is 0. The van der Waals surface area contributed by atoms with Gasteiger partial charge >= 0.3 is 0 Å². The number of aliphatic hydroxyl groups is 1. The molecule has 0 aliphatic rings. The van der Waals surface area contributed by atoms with E-state index in [0.717, 1.165) is 11.0 Å². The molecule has 0 saturated heterocycles. The molecule has 0 spiro atoms. The van der Waals surface area contributed by atoms with Gasteiger partial charge in [-0.2, -0.15) is 0 Å². The molecule has 0 aliphatic carbocycles. The average molecular weight is 258 g/mol. The van der Waals surface area contributed by atoms with Gasteiger partial charge in [-0.05, 0) is 37.6 Å². The van der Waals surface area contributed by atoms with Crippen LogP contribution >= 0.6 is 15.9 Å². The topological polar surface area (TPSA) is 23.5 Å². The van der Waals surface area contributed by atoms with E-state index in [1.54, 1.807) is 0 Å². The molecule has 0 saturated carbocycles. The second kappa shape index (κ2) is 5.37. The highest BCUT2D eigenvalue weighted by molar-refractivity contribution is 9.10. The van der Waals surface area contributed by atoms with Gasteiger partial charge in [0.25, 0.3) is 0 Å². The van der Waals surface area contributed by atoms with Crippen molar-refractivity contribution in [1.82, 2.24) is 0 Å². The molecular formula is C11H16BrNO. The van der Waals surface area contributed by atoms with Crippen LogP contribution < -0.4 is 4.90 Å². The Morgan fingerprint density at radius 1 is 1.43 bits per heavy atom. The Labute approximate surface area is 93.7 Å². The summed E-state index contributed by atoms with van der Waals surface area (Å²) in [6.07, 6.45) is 0. The van der Waals surface area contributed by atoms with Crippen LogP contribution in [0, 0.1) is 6.92 Å². The summed E-state index contributed by atoms with van der Waals surface area (Å²) >= 11 is 3.47. The van der Waals surface area contributed by atoms with Crippen molar-refractivity contribution in [2.75, 3.05) is 24.6 Å². The SMILES string of the molecule is CCN(CCO)c1ccc(Br)c(C)c1. The van der Waals surface area contributed by atoms with Crippen LogP contribution in [0.5, 0.6) is 0 Å². The van der Waals surface area contributed by atoms with Crippen LogP contribution in [0.3, 0.4) is 0 Å². The van der Waals surface area contributed by atoms with Gasteiger partial charge in [0.15, 0.2) is 0 Å². The van der Waals surface area contributed by atoms with Crippen molar-refractivity contribution in [3.05, 3.63) is 28.2 Å². The lowest BCUT2D eigenvalue weighted by Gasteiger charge is -2.22. The van der Waals surface area contributed by atoms with Gasteiger partial charge < -0.3 is 10.0 Å². The maximum atomic E-state index is 8.90. The molecule has 3 heteroatoms. The number of halogens is 1. The standard InChI is InChI=1S/C11H16BrNO/c1-3-13(6-7-14)10-4-5-11(12)9(2)8-10/h4-5,8,14H,3,6-7H2,1-2H3. The Morgan fingerprint density at radius 2 is 2.14 bits per heavy atom. The minimum atomic E-state index is 0.197. The number of aliphatic hydroxyl groups excluding tert-OH is 1. The van der Waals surface area contributed by atoms with Crippen LogP contribution in [0.2, 0.25) is 0 Å². The molecule has 1 rings (SSSR count). The Kier molecular flexibility index (Phi) is 4.42. The average Bonchev–Trinajstić information content (AvgIpc) is 2.19. The largest absolute Gasteiger partial charge is 0.395 e. The van der Waals surface area contributed by atoms with E-state index in [9.17, 15) is 0 Å². The monoisotopic (exact) mass is 257 g/mol. The summed E-state index contributed by atoms with van der Waals surface area (Å²) < 4.78 is 1.13. The Morgan fingerprint density at radius 3 is 2.64 bits per heavy atom. The normalized spacial score (nSPS) is 10.3. The van der Waals surface area contributed by atoms with Gasteiger partial charge in [-0.1, -0.05) is 15.9 Å². The second-order valence-corrected chi connectivity index (χ2v) is 4.09. The maximum absolute atomic E-state index is 8.90. The van der Waals surface area contributed by atoms with E-state index in [0.29, 0.717) is 6.54 Å². The fourth-order valence-electron chi connectivity index (χ4n) is 1.42. The van der Waals surface area contributed by atoms with Gasteiger partial charge in [0, 0.05) is 23.2 Å². The smallest absolute Gasteiger partial charge is 0.0606 e. The van der Waals surface area contributed by atoms with Gasteiger partial charge in [-0.3, -0.25) is 0 Å². The third kappa shape index (κ3) is 2.72. The van der Waals surface area contributed by atoms with Gasteiger partial charge in [0.2, 0.25) is 0 Å². The molecule has 2 nitrogen and oxygen atoms in total. The molecule has 0 aromatic heterocycles. The number of anilines is 1. The first-order valence-corrected chi connectivity index (χ1v) is 5.60. The molecule has 1 N–H and O–H groups in total. The zero-order valence-electron chi connectivity index (χ0n) is 8.63. The molecule has 0 atom stereocenters. The number of aryl methyl sites for hydroxylation is 1. The summed E-state index contributed by atoms with van der Waals surface area (Å²) in [4.78, 5) is 2.15. The van der Waals surface area contributed by atoms with Crippen molar-refractivity contribution in [1.29, 1.82) is 0 Å². The molecule has 0 aliphatic heterocycles. The van der Waals surface area contributed by atoms with Crippen LogP contribution in [0.1, 0.15) is 12.5 Å². The van der Waals surface area contributed by atoms with E-state index in [4.69, 9.17) is 5.11 Å². The summed E-state index contributed by atoms with van der Waals surface area (Å²) in [5.41, 5.74) is 2.39. The highest BCUT2D eigenvalue weighted by atomic mass is 79.9. The van der Waals surface area contributed by atoms with E-state index in [-0.39, 0.29) is 6.61 Å². The lowest BCUT2D eigenvalue weighted by atomic mass is 10.2. The Hall–Kier alpha value is -0.540. The van der Waals surface area contributed by atoms with Crippen molar-refractivity contribution in [2.45, 2.75) is 13.8 Å². The third-order valence-corrected chi connectivity index (χ3v) is 3.15. The van der Waals surface area contributed by atoms with Gasteiger partial charge in [0.05, 0.1) is 6.61 Å². The van der Waals surface area contributed by atoms with Crippen LogP contribution in [0.4, 0.5) is 5.69 Å². The summed E-state index contributed by atoms with van der Waals surface area (Å²) in [6, 6.07) is 6.24. The fraction of sp³-hybridized carbons (Fsp3) is 0.455. The number of benzene rings is 1. The molecule has 0 heterocycles. The first-order chi connectivity index (χ1) is 6.69. The van der Waals surface area contributed by atoms with Gasteiger partial charge in [-0.25, -0.2) is 0 Å². The van der Waals surface area contributed by atoms with Crippen molar-refractivity contribution in [3.8, 4) is 0 Å². The van der Waals surface area contributed by atoms with Crippen molar-refractivity contribution in [2.24, 2.45) is 0 Å². The fourth-order valence-corrected chi connectivity index (χ4v) is 1.66. The van der Waals surface area contributed by atoms with Gasteiger partial charge in [0.1, 0.15) is 0 Å². The van der Waals surface area contributed by atoms with Crippen LogP contribution in [-0.4, -0.2) is 24.8 Å². The zero-order chi connectivity index (χ0) is 10.6. The van der Waals surface area contributed by atoms with E-state index < -0.39 is 0 Å². The maximum Gasteiger partial charge on any atom is 0.0606 e. The predicted molar refractivity (Wildman–Crippen MR) is 63.9 cm³/mol. The van der Waals surface area contributed by atoms with E-state index in [1.807, 2.05) is 6.07 Å². The summed E-state index contributed by atoms with van der Waals surface area (Å²) in [7, 11) is 0. The lowest BCUT2D eigenvalue weighted by Crippen LogP contribution is -2.26. The van der Waals surface area contributed by atoms with E-state index in [1.165, 1.54) is 11.3 Å². The molecular weight excluding hydrogens is 242 g/mol. The zero-order valence-corrected chi connectivity index (χ0v) is 10.2. The highest BCUT2D eigenvalue weighted by Crippen LogP contribution is 2.22. The summed E-state index contributed by atoms with van der Waals surface area (Å²) in [6.45, 7) is 5.97. The Balaban J connectivity index is 2.88. The molecule has 0 radical (unpaired) electrons. The minimum Gasteiger partial charge on any atom is -0.395 e. The molecule has 0 fully saturated rings. The molecule has 1 aromatic rings. The van der Waals surface area contributed by atoms with Gasteiger partial charge in [-0.15, -0.1) is 0 Å². The first kappa shape index (κ1) is 11.5. The van der Waals surface area contributed by atoms with Crippen LogP contribution in [-0.2, 0) is 0 Å². The summed E-state index contributed by atoms with van der Waals surface area (Å²) in [5, 5.41) is 8.90. The van der Waals surface area contributed by atoms with E-state index in [2.05, 4.69) is 46.8 Å². The van der Waals surface area contributed by atoms with Crippen LogP contribution in [0.25, 0.3) is 0 Å². The quantitative estimate of drug-likeness (QED) is 0.897. The number of hydrogen-bond donors (Lipinski definition) is 1. The first-order valence-electron chi connectivity index (χ1n) is 4.81. The number of nitrogens with zero attached hydrogens (tertiary/aromatic N) is 1. The predicted octanol–water partition coefficient (Wildman–Crippen LogP) is 2.58. The second-order valence-electron chi connectivity index (χ2n) is 3.24. The highest BCUT2D eigenvalue weighted by Gasteiger charge is 2.04. The Bertz CT molecular complexity index is 301. The molecule has 0 bridgehead atoms. The molecule has 1 aromatic carbocycles. The van der Waals surface area contributed by atoms with E-state index >= 15 is 0 Å². The van der Waals surface area contributed by atoms with Crippen molar-refractivity contribution in [3.63, 3.8) is 0 Å². The minimum absolute atomic E-state index is 0.197. The third-order valence-electron chi connectivity index (χ3n) is 2.26.